The Morgan fingerprint density at radius 2 is 1.96 bits per heavy atom. The van der Waals surface area contributed by atoms with Gasteiger partial charge < -0.3 is 4.42 Å². The number of aromatic nitrogens is 2. The van der Waals surface area contributed by atoms with Crippen LogP contribution in [0.5, 0.6) is 0 Å². The van der Waals surface area contributed by atoms with Crippen molar-refractivity contribution < 1.29 is 12.8 Å². The van der Waals surface area contributed by atoms with Crippen LogP contribution in [0.3, 0.4) is 0 Å². The van der Waals surface area contributed by atoms with Crippen LogP contribution in [0.15, 0.2) is 33.6 Å². The van der Waals surface area contributed by atoms with E-state index in [1.165, 1.54) is 10.4 Å². The Morgan fingerprint density at radius 3 is 2.54 bits per heavy atom. The fourth-order valence-electron chi connectivity index (χ4n) is 2.76. The van der Waals surface area contributed by atoms with Gasteiger partial charge in [0, 0.05) is 29.9 Å². The highest BCUT2D eigenvalue weighted by molar-refractivity contribution is 7.89. The summed E-state index contributed by atoms with van der Waals surface area (Å²) < 4.78 is 32.6. The van der Waals surface area contributed by atoms with Gasteiger partial charge in [0.25, 0.3) is 0 Å². The third kappa shape index (κ3) is 3.48. The minimum atomic E-state index is -3.52. The molecule has 1 aliphatic rings. The van der Waals surface area contributed by atoms with Crippen molar-refractivity contribution in [1.29, 1.82) is 0 Å². The molecule has 0 atom stereocenters. The molecule has 0 amide bonds. The lowest BCUT2D eigenvalue weighted by molar-refractivity contribution is 0.285. The number of nitrogens with zero attached hydrogens (tertiary/aromatic N) is 3. The number of halogens is 1. The highest BCUT2D eigenvalue weighted by atomic mass is 35.5. The maximum atomic E-state index is 12.7. The van der Waals surface area contributed by atoms with E-state index in [0.29, 0.717) is 42.7 Å². The molecule has 1 aliphatic heterocycles. The van der Waals surface area contributed by atoms with E-state index >= 15 is 0 Å². The monoisotopic (exact) mass is 369 g/mol. The number of piperidine rings is 1. The predicted molar refractivity (Wildman–Crippen MR) is 90.6 cm³/mol. The van der Waals surface area contributed by atoms with E-state index < -0.39 is 10.0 Å². The van der Waals surface area contributed by atoms with E-state index in [1.54, 1.807) is 18.2 Å². The molecule has 0 saturated carbocycles. The summed E-state index contributed by atoms with van der Waals surface area (Å²) >= 11 is 5.91. The Bertz CT molecular complexity index is 811. The number of hydrogen-bond acceptors (Lipinski definition) is 5. The minimum Gasteiger partial charge on any atom is -0.425 e. The van der Waals surface area contributed by atoms with E-state index in [1.807, 2.05) is 13.8 Å². The van der Waals surface area contributed by atoms with Gasteiger partial charge in [-0.3, -0.25) is 0 Å². The summed E-state index contributed by atoms with van der Waals surface area (Å²) in [5.74, 6) is 1.53. The predicted octanol–water partition coefficient (Wildman–Crippen LogP) is 3.41. The van der Waals surface area contributed by atoms with Crippen LogP contribution in [0.1, 0.15) is 50.3 Å². The van der Waals surface area contributed by atoms with Crippen molar-refractivity contribution in [2.24, 2.45) is 0 Å². The Morgan fingerprint density at radius 1 is 1.25 bits per heavy atom. The van der Waals surface area contributed by atoms with Gasteiger partial charge in [-0.15, -0.1) is 10.2 Å². The number of sulfonamides is 1. The molecule has 1 aromatic carbocycles. The normalized spacial score (nSPS) is 17.5. The molecule has 1 aromatic heterocycles. The van der Waals surface area contributed by atoms with Crippen molar-refractivity contribution in [3.63, 3.8) is 0 Å². The first-order chi connectivity index (χ1) is 11.4. The van der Waals surface area contributed by atoms with Crippen LogP contribution in [-0.4, -0.2) is 36.0 Å². The maximum absolute atomic E-state index is 12.7. The Balaban J connectivity index is 1.70. The molecule has 6 nitrogen and oxygen atoms in total. The van der Waals surface area contributed by atoms with E-state index in [-0.39, 0.29) is 16.7 Å². The van der Waals surface area contributed by atoms with Gasteiger partial charge in [0.15, 0.2) is 0 Å². The van der Waals surface area contributed by atoms with Crippen molar-refractivity contribution in [1.82, 2.24) is 14.5 Å². The largest absolute Gasteiger partial charge is 0.425 e. The van der Waals surface area contributed by atoms with E-state index in [0.717, 1.165) is 0 Å². The van der Waals surface area contributed by atoms with Crippen LogP contribution in [0, 0.1) is 0 Å². The molecule has 1 fully saturated rings. The quantitative estimate of drug-likeness (QED) is 0.825. The average molecular weight is 370 g/mol. The van der Waals surface area contributed by atoms with Crippen molar-refractivity contribution in [2.45, 2.75) is 43.4 Å². The molecule has 24 heavy (non-hydrogen) atoms. The van der Waals surface area contributed by atoms with Gasteiger partial charge in [0.1, 0.15) is 0 Å². The second kappa shape index (κ2) is 6.82. The molecular formula is C16H20ClN3O3S. The molecule has 0 unspecified atom stereocenters. The number of rotatable bonds is 4. The van der Waals surface area contributed by atoms with Crippen LogP contribution >= 0.6 is 11.6 Å². The molecule has 0 radical (unpaired) electrons. The van der Waals surface area contributed by atoms with Gasteiger partial charge in [-0.25, -0.2) is 8.42 Å². The fraction of sp³-hybridized carbons (Fsp3) is 0.500. The van der Waals surface area contributed by atoms with Crippen molar-refractivity contribution in [3.05, 3.63) is 41.1 Å². The van der Waals surface area contributed by atoms with Gasteiger partial charge in [0.2, 0.25) is 21.8 Å². The third-order valence-corrected chi connectivity index (χ3v) is 6.32. The summed E-state index contributed by atoms with van der Waals surface area (Å²) in [6, 6.07) is 6.36. The molecule has 0 bridgehead atoms. The first kappa shape index (κ1) is 17.4. The molecule has 2 heterocycles. The zero-order valence-electron chi connectivity index (χ0n) is 13.6. The Hall–Kier alpha value is -1.44. The minimum absolute atomic E-state index is 0.107. The standard InChI is InChI=1S/C16H20ClN3O3S/c1-11(2)15-18-19-16(23-15)12-6-8-20(9-7-12)24(21,22)14-5-3-4-13(17)10-14/h3-5,10-12H,6-9H2,1-2H3. The first-order valence-electron chi connectivity index (χ1n) is 7.97. The SMILES string of the molecule is CC(C)c1nnc(C2CCN(S(=O)(=O)c3cccc(Cl)c3)CC2)o1. The zero-order valence-corrected chi connectivity index (χ0v) is 15.2. The van der Waals surface area contributed by atoms with Crippen LogP contribution in [0.2, 0.25) is 5.02 Å². The molecule has 1 saturated heterocycles. The van der Waals surface area contributed by atoms with Gasteiger partial charge in [-0.1, -0.05) is 31.5 Å². The van der Waals surface area contributed by atoms with Crippen LogP contribution in [0.4, 0.5) is 0 Å². The molecular weight excluding hydrogens is 350 g/mol. The topological polar surface area (TPSA) is 76.3 Å². The highest BCUT2D eigenvalue weighted by Crippen LogP contribution is 2.31. The molecule has 130 valence electrons. The lowest BCUT2D eigenvalue weighted by Crippen LogP contribution is -2.37. The van der Waals surface area contributed by atoms with Gasteiger partial charge in [0.05, 0.1) is 4.90 Å². The third-order valence-electron chi connectivity index (χ3n) is 4.19. The maximum Gasteiger partial charge on any atom is 0.243 e. The van der Waals surface area contributed by atoms with Crippen molar-refractivity contribution >= 4 is 21.6 Å². The summed E-state index contributed by atoms with van der Waals surface area (Å²) in [5.41, 5.74) is 0. The molecule has 0 aliphatic carbocycles. The van der Waals surface area contributed by atoms with Gasteiger partial charge >= 0.3 is 0 Å². The fourth-order valence-corrected chi connectivity index (χ4v) is 4.54. The van der Waals surface area contributed by atoms with Crippen LogP contribution < -0.4 is 0 Å². The van der Waals surface area contributed by atoms with Crippen LogP contribution in [-0.2, 0) is 10.0 Å². The van der Waals surface area contributed by atoms with E-state index in [2.05, 4.69) is 10.2 Å². The van der Waals surface area contributed by atoms with Crippen molar-refractivity contribution in [2.75, 3.05) is 13.1 Å². The average Bonchev–Trinajstić information content (AvgIpc) is 3.05. The van der Waals surface area contributed by atoms with Gasteiger partial charge in [-0.2, -0.15) is 4.31 Å². The molecule has 3 rings (SSSR count). The summed E-state index contributed by atoms with van der Waals surface area (Å²) in [6.07, 6.45) is 1.33. The van der Waals surface area contributed by atoms with E-state index in [9.17, 15) is 8.42 Å². The van der Waals surface area contributed by atoms with Crippen molar-refractivity contribution in [3.8, 4) is 0 Å². The molecule has 0 N–H and O–H groups in total. The number of hydrogen-bond donors (Lipinski definition) is 0. The summed E-state index contributed by atoms with van der Waals surface area (Å²) in [5, 5.41) is 8.58. The lowest BCUT2D eigenvalue weighted by atomic mass is 9.98. The lowest BCUT2D eigenvalue weighted by Gasteiger charge is -2.29. The first-order valence-corrected chi connectivity index (χ1v) is 9.78. The molecule has 8 heteroatoms. The smallest absolute Gasteiger partial charge is 0.243 e. The highest BCUT2D eigenvalue weighted by Gasteiger charge is 2.32. The van der Waals surface area contributed by atoms with Gasteiger partial charge in [-0.05, 0) is 31.0 Å². The Labute approximate surface area is 146 Å². The van der Waals surface area contributed by atoms with Crippen LogP contribution in [0.25, 0.3) is 0 Å². The summed E-state index contributed by atoms with van der Waals surface area (Å²) in [7, 11) is -3.52. The zero-order chi connectivity index (χ0) is 17.3. The molecule has 0 spiro atoms. The molecule has 2 aromatic rings. The summed E-state index contributed by atoms with van der Waals surface area (Å²) in [4.78, 5) is 0.230. The number of benzene rings is 1. The Kier molecular flexibility index (Phi) is 4.94. The second-order valence-corrected chi connectivity index (χ2v) is 8.64. The second-order valence-electron chi connectivity index (χ2n) is 6.27. The van der Waals surface area contributed by atoms with E-state index in [4.69, 9.17) is 16.0 Å². The summed E-state index contributed by atoms with van der Waals surface area (Å²) in [6.45, 7) is 4.85.